The molecule has 0 fully saturated rings. The van der Waals surface area contributed by atoms with Crippen molar-refractivity contribution < 1.29 is 13.9 Å². The third kappa shape index (κ3) is 5.39. The van der Waals surface area contributed by atoms with Crippen LogP contribution in [0.5, 0.6) is 0 Å². The molecule has 0 saturated carbocycles. The summed E-state index contributed by atoms with van der Waals surface area (Å²) in [5.74, 6) is -0.365. The summed E-state index contributed by atoms with van der Waals surface area (Å²) in [6.45, 7) is 4.89. The van der Waals surface area contributed by atoms with Crippen LogP contribution in [0, 0.1) is 5.82 Å². The van der Waals surface area contributed by atoms with Crippen molar-refractivity contribution in [3.05, 3.63) is 35.6 Å². The van der Waals surface area contributed by atoms with Gasteiger partial charge in [-0.25, -0.2) is 4.39 Å². The molecule has 0 bridgehead atoms. The van der Waals surface area contributed by atoms with Crippen LogP contribution in [0.1, 0.15) is 44.7 Å². The van der Waals surface area contributed by atoms with E-state index in [1.54, 1.807) is 19.1 Å². The van der Waals surface area contributed by atoms with Crippen LogP contribution < -0.4 is 5.32 Å². The molecule has 0 aliphatic rings. The number of rotatable bonds is 8. The Bertz CT molecular complexity index is 395. The van der Waals surface area contributed by atoms with Crippen LogP contribution in [0.15, 0.2) is 24.3 Å². The summed E-state index contributed by atoms with van der Waals surface area (Å²) in [6.07, 6.45) is 1.90. The van der Waals surface area contributed by atoms with E-state index in [4.69, 9.17) is 4.74 Å². The summed E-state index contributed by atoms with van der Waals surface area (Å²) in [4.78, 5) is 11.2. The standard InChI is InChI=1S/C15H22FNO2/c1-3-14(12-8-5-6-9-13(12)16)17-11-7-10-15(18)19-4-2/h5-6,8-9,14,17H,3-4,7,10-11H2,1-2H3. The molecule has 1 atom stereocenters. The monoisotopic (exact) mass is 267 g/mol. The van der Waals surface area contributed by atoms with Gasteiger partial charge in [0, 0.05) is 18.0 Å². The highest BCUT2D eigenvalue weighted by molar-refractivity contribution is 5.69. The SMILES string of the molecule is CCOC(=O)CCCNC(CC)c1ccccc1F. The molecule has 0 spiro atoms. The number of halogens is 1. The average Bonchev–Trinajstić information content (AvgIpc) is 2.40. The van der Waals surface area contributed by atoms with Crippen molar-refractivity contribution in [2.24, 2.45) is 0 Å². The van der Waals surface area contributed by atoms with Crippen molar-refractivity contribution in [2.75, 3.05) is 13.2 Å². The van der Waals surface area contributed by atoms with Crippen molar-refractivity contribution in [3.63, 3.8) is 0 Å². The molecule has 0 amide bonds. The first-order valence-corrected chi connectivity index (χ1v) is 6.82. The molecule has 1 rings (SSSR count). The first kappa shape index (κ1) is 15.6. The Morgan fingerprint density at radius 1 is 1.37 bits per heavy atom. The van der Waals surface area contributed by atoms with Crippen LogP contribution >= 0.6 is 0 Å². The van der Waals surface area contributed by atoms with Gasteiger partial charge >= 0.3 is 5.97 Å². The minimum absolute atomic E-state index is 0.0107. The maximum absolute atomic E-state index is 13.7. The second-order valence-corrected chi connectivity index (χ2v) is 4.35. The van der Waals surface area contributed by atoms with E-state index in [9.17, 15) is 9.18 Å². The smallest absolute Gasteiger partial charge is 0.305 e. The van der Waals surface area contributed by atoms with Crippen LogP contribution in [0.4, 0.5) is 4.39 Å². The number of hydrogen-bond donors (Lipinski definition) is 1. The van der Waals surface area contributed by atoms with Gasteiger partial charge in [0.2, 0.25) is 0 Å². The number of hydrogen-bond acceptors (Lipinski definition) is 3. The van der Waals surface area contributed by atoms with Gasteiger partial charge in [-0.3, -0.25) is 4.79 Å². The summed E-state index contributed by atoms with van der Waals surface area (Å²) >= 11 is 0. The van der Waals surface area contributed by atoms with E-state index in [1.165, 1.54) is 6.07 Å². The highest BCUT2D eigenvalue weighted by Crippen LogP contribution is 2.19. The zero-order valence-corrected chi connectivity index (χ0v) is 11.6. The zero-order chi connectivity index (χ0) is 14.1. The van der Waals surface area contributed by atoms with Gasteiger partial charge in [0.1, 0.15) is 5.82 Å². The van der Waals surface area contributed by atoms with E-state index in [2.05, 4.69) is 5.32 Å². The zero-order valence-electron chi connectivity index (χ0n) is 11.6. The van der Waals surface area contributed by atoms with E-state index < -0.39 is 0 Å². The topological polar surface area (TPSA) is 38.3 Å². The summed E-state index contributed by atoms with van der Waals surface area (Å²) in [5.41, 5.74) is 0.682. The van der Waals surface area contributed by atoms with Gasteiger partial charge in [0.15, 0.2) is 0 Å². The van der Waals surface area contributed by atoms with Gasteiger partial charge in [0.05, 0.1) is 6.61 Å². The van der Waals surface area contributed by atoms with E-state index in [0.717, 1.165) is 6.42 Å². The molecular formula is C15H22FNO2. The predicted octanol–water partition coefficient (Wildman–Crippen LogP) is 3.21. The lowest BCUT2D eigenvalue weighted by Crippen LogP contribution is -2.23. The van der Waals surface area contributed by atoms with Crippen molar-refractivity contribution in [3.8, 4) is 0 Å². The van der Waals surface area contributed by atoms with Crippen LogP contribution in [-0.2, 0) is 9.53 Å². The molecule has 4 heteroatoms. The van der Waals surface area contributed by atoms with E-state index >= 15 is 0 Å². The fraction of sp³-hybridized carbons (Fsp3) is 0.533. The molecule has 19 heavy (non-hydrogen) atoms. The quantitative estimate of drug-likeness (QED) is 0.580. The van der Waals surface area contributed by atoms with Gasteiger partial charge in [-0.2, -0.15) is 0 Å². The Morgan fingerprint density at radius 2 is 2.11 bits per heavy atom. The van der Waals surface area contributed by atoms with Crippen LogP contribution in [0.25, 0.3) is 0 Å². The Kier molecular flexibility index (Phi) is 7.11. The van der Waals surface area contributed by atoms with Crippen molar-refractivity contribution in [1.29, 1.82) is 0 Å². The lowest BCUT2D eigenvalue weighted by molar-refractivity contribution is -0.143. The number of esters is 1. The average molecular weight is 267 g/mol. The second-order valence-electron chi connectivity index (χ2n) is 4.35. The molecule has 0 aromatic heterocycles. The molecule has 106 valence electrons. The largest absolute Gasteiger partial charge is 0.466 e. The minimum Gasteiger partial charge on any atom is -0.466 e. The summed E-state index contributed by atoms with van der Waals surface area (Å²) in [5, 5.41) is 3.28. The van der Waals surface area contributed by atoms with Crippen LogP contribution in [-0.4, -0.2) is 19.1 Å². The molecule has 1 aromatic rings. The Labute approximate surface area is 114 Å². The number of carbonyl (C=O) groups is 1. The molecule has 0 heterocycles. The van der Waals surface area contributed by atoms with Gasteiger partial charge in [-0.15, -0.1) is 0 Å². The molecule has 1 aromatic carbocycles. The van der Waals surface area contributed by atoms with Crippen molar-refractivity contribution in [1.82, 2.24) is 5.32 Å². The Morgan fingerprint density at radius 3 is 2.74 bits per heavy atom. The third-order valence-corrected chi connectivity index (χ3v) is 2.94. The third-order valence-electron chi connectivity index (χ3n) is 2.94. The van der Waals surface area contributed by atoms with E-state index in [1.807, 2.05) is 13.0 Å². The number of benzene rings is 1. The number of ether oxygens (including phenoxy) is 1. The van der Waals surface area contributed by atoms with Gasteiger partial charge < -0.3 is 10.1 Å². The lowest BCUT2D eigenvalue weighted by Gasteiger charge is -2.17. The van der Waals surface area contributed by atoms with Gasteiger partial charge in [-0.05, 0) is 32.4 Å². The first-order chi connectivity index (χ1) is 9.19. The minimum atomic E-state index is -0.188. The Balaban J connectivity index is 2.38. The highest BCUT2D eigenvalue weighted by atomic mass is 19.1. The molecule has 0 saturated heterocycles. The molecule has 0 radical (unpaired) electrons. The maximum Gasteiger partial charge on any atom is 0.305 e. The number of nitrogens with one attached hydrogen (secondary N) is 1. The molecule has 0 aliphatic heterocycles. The fourth-order valence-electron chi connectivity index (χ4n) is 1.97. The second kappa shape index (κ2) is 8.64. The summed E-state index contributed by atoms with van der Waals surface area (Å²) < 4.78 is 18.5. The molecule has 3 nitrogen and oxygen atoms in total. The normalized spacial score (nSPS) is 12.2. The number of carbonyl (C=O) groups excluding carboxylic acids is 1. The van der Waals surface area contributed by atoms with Crippen LogP contribution in [0.3, 0.4) is 0 Å². The van der Waals surface area contributed by atoms with Crippen molar-refractivity contribution in [2.45, 2.75) is 39.2 Å². The van der Waals surface area contributed by atoms with E-state index in [0.29, 0.717) is 31.6 Å². The van der Waals surface area contributed by atoms with Gasteiger partial charge in [-0.1, -0.05) is 25.1 Å². The maximum atomic E-state index is 13.7. The van der Waals surface area contributed by atoms with Gasteiger partial charge in [0.25, 0.3) is 0 Å². The first-order valence-electron chi connectivity index (χ1n) is 6.82. The van der Waals surface area contributed by atoms with E-state index in [-0.39, 0.29) is 17.8 Å². The highest BCUT2D eigenvalue weighted by Gasteiger charge is 2.12. The molecule has 0 aliphatic carbocycles. The molecule has 1 N–H and O–H groups in total. The summed E-state index contributed by atoms with van der Waals surface area (Å²) in [7, 11) is 0. The molecular weight excluding hydrogens is 245 g/mol. The summed E-state index contributed by atoms with van der Waals surface area (Å²) in [6, 6.07) is 6.77. The fourth-order valence-corrected chi connectivity index (χ4v) is 1.97. The predicted molar refractivity (Wildman–Crippen MR) is 73.3 cm³/mol. The van der Waals surface area contributed by atoms with Crippen molar-refractivity contribution >= 4 is 5.97 Å². The van der Waals surface area contributed by atoms with Crippen LogP contribution in [0.2, 0.25) is 0 Å². The lowest BCUT2D eigenvalue weighted by atomic mass is 10.0. The molecule has 1 unspecified atom stereocenters. The Hall–Kier alpha value is -1.42.